The molecule has 0 spiro atoms. The number of hydrogen-bond acceptors (Lipinski definition) is 7. The van der Waals surface area contributed by atoms with Gasteiger partial charge in [0.15, 0.2) is 0 Å². The first-order valence-corrected chi connectivity index (χ1v) is 17.0. The minimum Gasteiger partial charge on any atom is -0.475 e. The number of nitrogens with one attached hydrogen (secondary N) is 2. The summed E-state index contributed by atoms with van der Waals surface area (Å²) in [4.78, 5) is 25.4. The number of rotatable bonds is 7. The number of aryl methyl sites for hydroxylation is 2. The maximum atomic E-state index is 14.4. The van der Waals surface area contributed by atoms with Crippen LogP contribution in [0, 0.1) is 25.2 Å². The van der Waals surface area contributed by atoms with Crippen LogP contribution < -0.4 is 14.8 Å². The van der Waals surface area contributed by atoms with Crippen molar-refractivity contribution in [1.29, 1.82) is 0 Å². The minimum atomic E-state index is -4.11. The van der Waals surface area contributed by atoms with Crippen LogP contribution in [0.3, 0.4) is 0 Å². The van der Waals surface area contributed by atoms with Crippen LogP contribution in [0.2, 0.25) is 0 Å². The number of sulfonamides is 1. The highest BCUT2D eigenvalue weighted by Crippen LogP contribution is 2.45. The van der Waals surface area contributed by atoms with Gasteiger partial charge in [-0.1, -0.05) is 45.0 Å². The van der Waals surface area contributed by atoms with E-state index in [-0.39, 0.29) is 52.7 Å². The fraction of sp³-hybridized carbons (Fsp3) is 0.500. The van der Waals surface area contributed by atoms with Crippen molar-refractivity contribution in [3.05, 3.63) is 65.2 Å². The van der Waals surface area contributed by atoms with Crippen LogP contribution in [-0.4, -0.2) is 61.0 Å². The molecule has 1 aromatic heterocycles. The Morgan fingerprint density at radius 1 is 1.07 bits per heavy atom. The summed E-state index contributed by atoms with van der Waals surface area (Å²) in [7, 11) is -2.12. The fourth-order valence-electron chi connectivity index (χ4n) is 7.04. The largest absolute Gasteiger partial charge is 0.475 e. The maximum Gasteiger partial charge on any atom is 0.264 e. The molecule has 1 saturated carbocycles. The van der Waals surface area contributed by atoms with E-state index in [1.54, 1.807) is 18.2 Å². The highest BCUT2D eigenvalue weighted by atomic mass is 32.2. The van der Waals surface area contributed by atoms with Gasteiger partial charge < -0.3 is 15.0 Å². The van der Waals surface area contributed by atoms with Crippen molar-refractivity contribution >= 4 is 21.9 Å². The monoisotopic (exact) mass is 619 g/mol. The molecule has 2 atom stereocenters. The first kappa shape index (κ1) is 31.9. The van der Waals surface area contributed by atoms with Gasteiger partial charge in [0.05, 0.1) is 16.6 Å². The average Bonchev–Trinajstić information content (AvgIpc) is 2.93. The average molecular weight is 620 g/mol. The number of fused-ring (bicyclic) bond motifs is 4. The van der Waals surface area contributed by atoms with Crippen molar-refractivity contribution in [2.24, 2.45) is 11.3 Å². The molecule has 236 valence electrons. The predicted molar refractivity (Wildman–Crippen MR) is 173 cm³/mol. The Balaban J connectivity index is 1.62. The van der Waals surface area contributed by atoms with Gasteiger partial charge in [-0.25, -0.2) is 18.1 Å². The fourth-order valence-corrected chi connectivity index (χ4v) is 8.03. The quantitative estimate of drug-likeness (QED) is 0.335. The van der Waals surface area contributed by atoms with E-state index in [2.05, 4.69) is 47.7 Å². The number of amides is 1. The standard InChI is InChI=1S/C34H45N5O4S/c1-21(2)14-27-20-43-30-16-29(31-22(3)10-8-11-23(31)4)36-33(37-30)38-44(41,42)28-13-9-12-25(15-28)32(40)39(27)24(5)17-34(6)18-26(19-34)35-7/h8-13,15-16,21,24,26-27,35H,14,17-20H2,1-7H3,(H,36,37,38)/t24-,26?,27+,34?/m0/s1. The number of hydrogen-bond donors (Lipinski definition) is 2. The lowest BCUT2D eigenvalue weighted by molar-refractivity contribution is 0.0207. The summed E-state index contributed by atoms with van der Waals surface area (Å²) in [5, 5.41) is 3.37. The zero-order valence-corrected chi connectivity index (χ0v) is 27.7. The SMILES string of the molecule is CNC1CC(C)(C[C@H](C)N2C(=O)c3cccc(c3)S(=O)(=O)Nc3nc(cc(-c4c(C)cccc4C)n3)OC[C@H]2CC(C)C)C1. The zero-order chi connectivity index (χ0) is 31.8. The first-order chi connectivity index (χ1) is 20.8. The lowest BCUT2D eigenvalue weighted by Crippen LogP contribution is -2.53. The van der Waals surface area contributed by atoms with Crippen LogP contribution in [0.15, 0.2) is 53.4 Å². The van der Waals surface area contributed by atoms with E-state index in [0.717, 1.165) is 36.0 Å². The van der Waals surface area contributed by atoms with Crippen molar-refractivity contribution in [3.8, 4) is 17.1 Å². The molecular weight excluding hydrogens is 574 g/mol. The topological polar surface area (TPSA) is 114 Å². The number of ether oxygens (including phenoxy) is 1. The molecule has 2 aliphatic rings. The summed E-state index contributed by atoms with van der Waals surface area (Å²) in [5.74, 6) is 0.246. The Morgan fingerprint density at radius 3 is 2.41 bits per heavy atom. The Hall–Kier alpha value is -3.50. The molecule has 5 rings (SSSR count). The van der Waals surface area contributed by atoms with Crippen molar-refractivity contribution in [3.63, 3.8) is 0 Å². The molecule has 44 heavy (non-hydrogen) atoms. The Labute approximate surface area is 261 Å². The molecule has 1 fully saturated rings. The van der Waals surface area contributed by atoms with E-state index in [1.165, 1.54) is 12.1 Å². The van der Waals surface area contributed by atoms with Crippen LogP contribution in [0.4, 0.5) is 5.95 Å². The summed E-state index contributed by atoms with van der Waals surface area (Å²) in [6.07, 6.45) is 3.64. The molecule has 0 saturated heterocycles. The molecule has 3 aromatic rings. The third-order valence-corrected chi connectivity index (χ3v) is 10.3. The molecular formula is C34H45N5O4S. The van der Waals surface area contributed by atoms with Gasteiger partial charge in [0, 0.05) is 29.3 Å². The van der Waals surface area contributed by atoms with Crippen LogP contribution in [0.5, 0.6) is 5.88 Å². The highest BCUT2D eigenvalue weighted by molar-refractivity contribution is 7.92. The van der Waals surface area contributed by atoms with Gasteiger partial charge in [-0.15, -0.1) is 0 Å². The van der Waals surface area contributed by atoms with Crippen molar-refractivity contribution in [2.45, 2.75) is 90.2 Å². The van der Waals surface area contributed by atoms with E-state index < -0.39 is 10.0 Å². The highest BCUT2D eigenvalue weighted by Gasteiger charge is 2.43. The molecule has 2 N–H and O–H groups in total. The molecule has 1 aliphatic heterocycles. The molecule has 4 bridgehead atoms. The third kappa shape index (κ3) is 6.76. The van der Waals surface area contributed by atoms with Crippen LogP contribution >= 0.6 is 0 Å². The number of carbonyl (C=O) groups is 1. The smallest absolute Gasteiger partial charge is 0.264 e. The summed E-state index contributed by atoms with van der Waals surface area (Å²) < 4.78 is 36.2. The van der Waals surface area contributed by atoms with Crippen LogP contribution in [0.1, 0.15) is 74.9 Å². The summed E-state index contributed by atoms with van der Waals surface area (Å²) in [5.41, 5.74) is 3.89. The molecule has 9 nitrogen and oxygen atoms in total. The second-order valence-electron chi connectivity index (χ2n) is 13.4. The molecule has 1 aliphatic carbocycles. The Morgan fingerprint density at radius 2 is 1.75 bits per heavy atom. The predicted octanol–water partition coefficient (Wildman–Crippen LogP) is 5.98. The van der Waals surface area contributed by atoms with Crippen molar-refractivity contribution < 1.29 is 17.9 Å². The summed E-state index contributed by atoms with van der Waals surface area (Å²) in [6.45, 7) is 12.9. The Bertz CT molecular complexity index is 1610. The Kier molecular flexibility index (Phi) is 9.05. The first-order valence-electron chi connectivity index (χ1n) is 15.5. The molecule has 0 unspecified atom stereocenters. The zero-order valence-electron chi connectivity index (χ0n) is 26.8. The van der Waals surface area contributed by atoms with Gasteiger partial charge in [-0.05, 0) is 94.2 Å². The molecule has 0 radical (unpaired) electrons. The number of carbonyl (C=O) groups excluding carboxylic acids is 1. The van der Waals surface area contributed by atoms with Gasteiger partial charge in [0.2, 0.25) is 11.8 Å². The lowest BCUT2D eigenvalue weighted by atomic mass is 9.63. The van der Waals surface area contributed by atoms with Gasteiger partial charge >= 0.3 is 0 Å². The minimum absolute atomic E-state index is 0.0260. The van der Waals surface area contributed by atoms with Gasteiger partial charge in [0.1, 0.15) is 6.61 Å². The molecule has 2 aromatic carbocycles. The van der Waals surface area contributed by atoms with Gasteiger partial charge in [-0.2, -0.15) is 4.98 Å². The summed E-state index contributed by atoms with van der Waals surface area (Å²) >= 11 is 0. The number of nitrogens with zero attached hydrogens (tertiary/aromatic N) is 3. The number of aromatic nitrogens is 2. The van der Waals surface area contributed by atoms with Crippen LogP contribution in [0.25, 0.3) is 11.3 Å². The normalized spacial score (nSPS) is 23.8. The molecule has 10 heteroatoms. The number of benzene rings is 2. The van der Waals surface area contributed by atoms with E-state index >= 15 is 0 Å². The van der Waals surface area contributed by atoms with E-state index in [1.807, 2.05) is 44.0 Å². The third-order valence-electron chi connectivity index (χ3n) is 9.00. The van der Waals surface area contributed by atoms with Gasteiger partial charge in [-0.3, -0.25) is 4.79 Å². The van der Waals surface area contributed by atoms with E-state index in [4.69, 9.17) is 4.74 Å². The maximum absolute atomic E-state index is 14.4. The van der Waals surface area contributed by atoms with Gasteiger partial charge in [0.25, 0.3) is 15.9 Å². The summed E-state index contributed by atoms with van der Waals surface area (Å²) in [6, 6.07) is 14.1. The van der Waals surface area contributed by atoms with Crippen molar-refractivity contribution in [1.82, 2.24) is 20.2 Å². The van der Waals surface area contributed by atoms with Crippen molar-refractivity contribution in [2.75, 3.05) is 18.4 Å². The van der Waals surface area contributed by atoms with E-state index in [9.17, 15) is 13.2 Å². The van der Waals surface area contributed by atoms with Crippen LogP contribution in [-0.2, 0) is 10.0 Å². The second kappa shape index (κ2) is 12.5. The molecule has 2 heterocycles. The second-order valence-corrected chi connectivity index (χ2v) is 15.1. The lowest BCUT2D eigenvalue weighted by Gasteiger charge is -2.49. The van der Waals surface area contributed by atoms with E-state index in [0.29, 0.717) is 23.7 Å². The number of anilines is 1. The molecule has 1 amide bonds.